The van der Waals surface area contributed by atoms with Crippen LogP contribution in [0.4, 0.5) is 16.2 Å². The summed E-state index contributed by atoms with van der Waals surface area (Å²) in [5, 5.41) is 15.2. The Labute approximate surface area is 154 Å². The summed E-state index contributed by atoms with van der Waals surface area (Å²) in [5.74, 6) is -0.261. The normalized spacial score (nSPS) is 10.2. The van der Waals surface area contributed by atoms with E-state index in [9.17, 15) is 9.59 Å². The SMILES string of the molecule is O=C(NCc1cn[nH]c1)Nc1ccc(C(=O)Nc2cccc(Cl)c2)cc1. The number of rotatable bonds is 5. The molecule has 4 N–H and O–H groups in total. The highest BCUT2D eigenvalue weighted by atomic mass is 35.5. The van der Waals surface area contributed by atoms with E-state index < -0.39 is 0 Å². The van der Waals surface area contributed by atoms with Crippen LogP contribution in [0.15, 0.2) is 60.9 Å². The minimum absolute atomic E-state index is 0.261. The van der Waals surface area contributed by atoms with Crippen molar-refractivity contribution in [3.05, 3.63) is 77.1 Å². The van der Waals surface area contributed by atoms with Crippen LogP contribution in [0.3, 0.4) is 0 Å². The lowest BCUT2D eigenvalue weighted by molar-refractivity contribution is 0.102. The van der Waals surface area contributed by atoms with Crippen LogP contribution < -0.4 is 16.0 Å². The molecule has 0 spiro atoms. The number of hydrogen-bond donors (Lipinski definition) is 4. The second-order valence-corrected chi connectivity index (χ2v) is 5.89. The topological polar surface area (TPSA) is 98.9 Å². The van der Waals surface area contributed by atoms with Gasteiger partial charge in [0.2, 0.25) is 0 Å². The Kier molecular flexibility index (Phi) is 5.50. The van der Waals surface area contributed by atoms with E-state index in [1.54, 1.807) is 60.9 Å². The molecule has 3 aromatic rings. The van der Waals surface area contributed by atoms with E-state index in [0.717, 1.165) is 5.56 Å². The fraction of sp³-hybridized carbons (Fsp3) is 0.0556. The van der Waals surface area contributed by atoms with Crippen molar-refractivity contribution in [2.75, 3.05) is 10.6 Å². The first-order chi connectivity index (χ1) is 12.6. The van der Waals surface area contributed by atoms with Crippen LogP contribution >= 0.6 is 11.6 Å². The molecule has 0 saturated carbocycles. The summed E-state index contributed by atoms with van der Waals surface area (Å²) in [6.45, 7) is 0.364. The molecule has 0 unspecified atom stereocenters. The third-order valence-corrected chi connectivity index (χ3v) is 3.73. The van der Waals surface area contributed by atoms with Gasteiger partial charge in [-0.1, -0.05) is 17.7 Å². The number of nitrogens with one attached hydrogen (secondary N) is 4. The molecule has 0 bridgehead atoms. The number of H-pyrrole nitrogens is 1. The number of urea groups is 1. The number of benzene rings is 2. The molecule has 3 amide bonds. The molecule has 1 aromatic heterocycles. The Morgan fingerprint density at radius 3 is 2.54 bits per heavy atom. The predicted molar refractivity (Wildman–Crippen MR) is 100 cm³/mol. The molecule has 2 aromatic carbocycles. The second-order valence-electron chi connectivity index (χ2n) is 5.46. The molecule has 0 saturated heterocycles. The molecule has 7 nitrogen and oxygen atoms in total. The van der Waals surface area contributed by atoms with Gasteiger partial charge in [0, 0.05) is 40.3 Å². The van der Waals surface area contributed by atoms with Gasteiger partial charge in [-0.25, -0.2) is 4.79 Å². The summed E-state index contributed by atoms with van der Waals surface area (Å²) in [6, 6.07) is 13.1. The summed E-state index contributed by atoms with van der Waals surface area (Å²) >= 11 is 5.90. The molecular weight excluding hydrogens is 354 g/mol. The summed E-state index contributed by atoms with van der Waals surface area (Å²) in [4.78, 5) is 24.1. The Bertz CT molecular complexity index is 894. The number of halogens is 1. The van der Waals surface area contributed by atoms with Crippen molar-refractivity contribution in [1.29, 1.82) is 0 Å². The van der Waals surface area contributed by atoms with Crippen molar-refractivity contribution in [3.8, 4) is 0 Å². The van der Waals surface area contributed by atoms with E-state index in [1.807, 2.05) is 0 Å². The van der Waals surface area contributed by atoms with E-state index in [-0.39, 0.29) is 11.9 Å². The summed E-state index contributed by atoms with van der Waals surface area (Å²) in [6.07, 6.45) is 3.33. The average molecular weight is 370 g/mol. The molecule has 0 radical (unpaired) electrons. The molecule has 1 heterocycles. The highest BCUT2D eigenvalue weighted by Gasteiger charge is 2.07. The molecular formula is C18H16ClN5O2. The monoisotopic (exact) mass is 369 g/mol. The fourth-order valence-corrected chi connectivity index (χ4v) is 2.40. The van der Waals surface area contributed by atoms with Crippen molar-refractivity contribution in [2.45, 2.75) is 6.54 Å². The highest BCUT2D eigenvalue weighted by molar-refractivity contribution is 6.31. The van der Waals surface area contributed by atoms with Gasteiger partial charge in [0.05, 0.1) is 6.20 Å². The molecule has 0 aliphatic heterocycles. The number of amides is 3. The largest absolute Gasteiger partial charge is 0.334 e. The Morgan fingerprint density at radius 2 is 1.85 bits per heavy atom. The van der Waals surface area contributed by atoms with Crippen molar-refractivity contribution in [2.24, 2.45) is 0 Å². The minimum atomic E-state index is -0.345. The van der Waals surface area contributed by atoms with E-state index in [1.165, 1.54) is 0 Å². The first kappa shape index (κ1) is 17.5. The smallest absolute Gasteiger partial charge is 0.319 e. The first-order valence-electron chi connectivity index (χ1n) is 7.79. The fourth-order valence-electron chi connectivity index (χ4n) is 2.21. The maximum absolute atomic E-state index is 12.2. The van der Waals surface area contributed by atoms with E-state index in [0.29, 0.717) is 28.5 Å². The van der Waals surface area contributed by atoms with Crippen LogP contribution in [0.2, 0.25) is 5.02 Å². The third-order valence-electron chi connectivity index (χ3n) is 3.50. The number of anilines is 2. The van der Waals surface area contributed by atoms with E-state index >= 15 is 0 Å². The number of carbonyl (C=O) groups is 2. The van der Waals surface area contributed by atoms with Crippen molar-refractivity contribution in [3.63, 3.8) is 0 Å². The molecule has 8 heteroatoms. The van der Waals surface area contributed by atoms with Crippen molar-refractivity contribution in [1.82, 2.24) is 15.5 Å². The maximum Gasteiger partial charge on any atom is 0.319 e. The zero-order valence-electron chi connectivity index (χ0n) is 13.6. The molecule has 0 aliphatic carbocycles. The third kappa shape index (κ3) is 4.84. The van der Waals surface area contributed by atoms with Crippen LogP contribution in [0.5, 0.6) is 0 Å². The summed E-state index contributed by atoms with van der Waals surface area (Å²) in [5.41, 5.74) is 2.53. The Morgan fingerprint density at radius 1 is 1.04 bits per heavy atom. The number of hydrogen-bond acceptors (Lipinski definition) is 3. The van der Waals surface area contributed by atoms with E-state index in [4.69, 9.17) is 11.6 Å². The van der Waals surface area contributed by atoms with Gasteiger partial charge in [-0.3, -0.25) is 9.89 Å². The van der Waals surface area contributed by atoms with Gasteiger partial charge in [0.15, 0.2) is 0 Å². The molecule has 26 heavy (non-hydrogen) atoms. The zero-order chi connectivity index (χ0) is 18.4. The van der Waals surface area contributed by atoms with Gasteiger partial charge in [-0.15, -0.1) is 0 Å². The van der Waals surface area contributed by atoms with Crippen LogP contribution in [0.1, 0.15) is 15.9 Å². The quantitative estimate of drug-likeness (QED) is 0.552. The van der Waals surface area contributed by atoms with Gasteiger partial charge in [-0.2, -0.15) is 5.10 Å². The lowest BCUT2D eigenvalue weighted by Gasteiger charge is -2.08. The summed E-state index contributed by atoms with van der Waals surface area (Å²) < 4.78 is 0. The van der Waals surface area contributed by atoms with Crippen LogP contribution in [0, 0.1) is 0 Å². The summed E-state index contributed by atoms with van der Waals surface area (Å²) in [7, 11) is 0. The number of nitrogens with zero attached hydrogens (tertiary/aromatic N) is 1. The zero-order valence-corrected chi connectivity index (χ0v) is 14.4. The second kappa shape index (κ2) is 8.17. The molecule has 0 fully saturated rings. The lowest BCUT2D eigenvalue weighted by atomic mass is 10.2. The van der Waals surface area contributed by atoms with Gasteiger partial charge in [-0.05, 0) is 42.5 Å². The van der Waals surface area contributed by atoms with Gasteiger partial charge >= 0.3 is 6.03 Å². The van der Waals surface area contributed by atoms with Gasteiger partial charge in [0.25, 0.3) is 5.91 Å². The number of aromatic nitrogens is 2. The maximum atomic E-state index is 12.2. The molecule has 0 atom stereocenters. The predicted octanol–water partition coefficient (Wildman–Crippen LogP) is 3.64. The molecule has 0 aliphatic rings. The standard InChI is InChI=1S/C18H16ClN5O2/c19-14-2-1-3-16(8-14)23-17(25)13-4-6-15(7-5-13)24-18(26)20-9-12-10-21-22-11-12/h1-8,10-11H,9H2,(H,21,22)(H,23,25)(H2,20,24,26). The van der Waals surface area contributed by atoms with Crippen LogP contribution in [-0.4, -0.2) is 22.1 Å². The van der Waals surface area contributed by atoms with Crippen molar-refractivity contribution >= 4 is 34.9 Å². The van der Waals surface area contributed by atoms with Gasteiger partial charge < -0.3 is 16.0 Å². The van der Waals surface area contributed by atoms with Crippen LogP contribution in [-0.2, 0) is 6.54 Å². The van der Waals surface area contributed by atoms with Crippen molar-refractivity contribution < 1.29 is 9.59 Å². The molecule has 132 valence electrons. The Hall–Kier alpha value is -3.32. The minimum Gasteiger partial charge on any atom is -0.334 e. The van der Waals surface area contributed by atoms with Gasteiger partial charge in [0.1, 0.15) is 0 Å². The lowest BCUT2D eigenvalue weighted by Crippen LogP contribution is -2.28. The number of aromatic amines is 1. The Balaban J connectivity index is 1.54. The average Bonchev–Trinajstić information content (AvgIpc) is 3.14. The highest BCUT2D eigenvalue weighted by Crippen LogP contribution is 2.16. The molecule has 3 rings (SSSR count). The van der Waals surface area contributed by atoms with E-state index in [2.05, 4.69) is 26.1 Å². The number of carbonyl (C=O) groups excluding carboxylic acids is 2. The first-order valence-corrected chi connectivity index (χ1v) is 8.17. The van der Waals surface area contributed by atoms with Crippen LogP contribution in [0.25, 0.3) is 0 Å².